The van der Waals surface area contributed by atoms with E-state index >= 15 is 0 Å². The summed E-state index contributed by atoms with van der Waals surface area (Å²) in [6.45, 7) is 4.74. The Hall–Kier alpha value is -2.87. The summed E-state index contributed by atoms with van der Waals surface area (Å²) in [5.74, 6) is 2.08. The van der Waals surface area contributed by atoms with Crippen molar-refractivity contribution in [3.8, 4) is 12.3 Å². The highest BCUT2D eigenvalue weighted by Crippen LogP contribution is 2.43. The van der Waals surface area contributed by atoms with E-state index in [1.165, 1.54) is 12.1 Å². The summed E-state index contributed by atoms with van der Waals surface area (Å²) in [4.78, 5) is 14.2. The molecule has 0 saturated heterocycles. The van der Waals surface area contributed by atoms with E-state index in [2.05, 4.69) is 11.2 Å². The number of carbonyl (C=O) groups excluding carboxylic acids is 1. The van der Waals surface area contributed by atoms with E-state index in [1.54, 1.807) is 12.1 Å². The fourth-order valence-electron chi connectivity index (χ4n) is 3.26. The summed E-state index contributed by atoms with van der Waals surface area (Å²) >= 11 is 0. The van der Waals surface area contributed by atoms with Gasteiger partial charge in [0, 0.05) is 17.9 Å². The molecule has 1 fully saturated rings. The van der Waals surface area contributed by atoms with Gasteiger partial charge in [0.05, 0.1) is 13.0 Å². The molecule has 0 spiro atoms. The molecule has 0 unspecified atom stereocenters. The van der Waals surface area contributed by atoms with Crippen molar-refractivity contribution in [1.82, 2.24) is 0 Å². The van der Waals surface area contributed by atoms with Crippen LogP contribution in [-0.2, 0) is 11.3 Å². The Balaban J connectivity index is 1.78. The molecule has 0 bridgehead atoms. The van der Waals surface area contributed by atoms with Crippen molar-refractivity contribution in [3.05, 3.63) is 58.9 Å². The molecule has 1 N–H and O–H groups in total. The minimum absolute atomic E-state index is 0.0958. The van der Waals surface area contributed by atoms with Gasteiger partial charge in [0.2, 0.25) is 5.91 Å². The lowest BCUT2D eigenvalue weighted by Crippen LogP contribution is -2.24. The van der Waals surface area contributed by atoms with Gasteiger partial charge in [0.15, 0.2) is 0 Å². The zero-order valence-corrected chi connectivity index (χ0v) is 16.2. The van der Waals surface area contributed by atoms with E-state index in [0.717, 1.165) is 22.4 Å². The highest BCUT2D eigenvalue weighted by atomic mass is 19.1. The van der Waals surface area contributed by atoms with E-state index in [-0.39, 0.29) is 18.1 Å². The summed E-state index contributed by atoms with van der Waals surface area (Å²) < 4.78 is 27.0. The molecule has 1 saturated carbocycles. The van der Waals surface area contributed by atoms with Gasteiger partial charge in [-0.25, -0.2) is 8.78 Å². The summed E-state index contributed by atoms with van der Waals surface area (Å²) in [6.07, 6.45) is 6.36. The average molecular weight is 382 g/mol. The number of terminal acetylenes is 1. The summed E-state index contributed by atoms with van der Waals surface area (Å²) in [5.41, 5.74) is 3.02. The number of anilines is 2. The van der Waals surface area contributed by atoms with Crippen LogP contribution in [0.4, 0.5) is 20.2 Å². The summed E-state index contributed by atoms with van der Waals surface area (Å²) in [6, 6.07) is 10.2. The van der Waals surface area contributed by atoms with Gasteiger partial charge in [0.1, 0.15) is 11.5 Å². The van der Waals surface area contributed by atoms with Crippen LogP contribution in [0.5, 0.6) is 0 Å². The maximum absolute atomic E-state index is 13.8. The lowest BCUT2D eigenvalue weighted by atomic mass is 10.1. The number of rotatable bonds is 7. The van der Waals surface area contributed by atoms with Crippen LogP contribution in [0.1, 0.15) is 36.0 Å². The number of nitrogens with one attached hydrogen (secondary N) is 1. The second kappa shape index (κ2) is 8.02. The normalized spacial score (nSPS) is 14.2. The number of hydrogen-bond donors (Lipinski definition) is 1. The highest BCUT2D eigenvalue weighted by molar-refractivity contribution is 5.93. The zero-order valence-electron chi connectivity index (χ0n) is 16.2. The van der Waals surface area contributed by atoms with Gasteiger partial charge in [0.25, 0.3) is 0 Å². The number of carbonyl (C=O) groups is 1. The summed E-state index contributed by atoms with van der Waals surface area (Å²) in [5, 5.41) is 2.85. The lowest BCUT2D eigenvalue weighted by molar-refractivity contribution is -0.117. The van der Waals surface area contributed by atoms with Crippen molar-refractivity contribution in [2.24, 2.45) is 0 Å². The van der Waals surface area contributed by atoms with Crippen molar-refractivity contribution in [2.75, 3.05) is 16.8 Å². The largest absolute Gasteiger partial charge is 0.356 e. The molecule has 3 nitrogen and oxygen atoms in total. The van der Waals surface area contributed by atoms with Crippen molar-refractivity contribution >= 4 is 17.3 Å². The fourth-order valence-corrected chi connectivity index (χ4v) is 3.26. The number of amides is 1. The van der Waals surface area contributed by atoms with Crippen molar-refractivity contribution in [3.63, 3.8) is 0 Å². The number of aryl methyl sites for hydroxylation is 2. The molecule has 0 atom stereocenters. The van der Waals surface area contributed by atoms with E-state index in [0.29, 0.717) is 31.6 Å². The Morgan fingerprint density at radius 3 is 2.36 bits per heavy atom. The van der Waals surface area contributed by atoms with Gasteiger partial charge in [-0.15, -0.1) is 6.42 Å². The van der Waals surface area contributed by atoms with Gasteiger partial charge in [-0.1, -0.05) is 18.1 Å². The third-order valence-electron chi connectivity index (χ3n) is 4.99. The first kappa shape index (κ1) is 19.9. The van der Waals surface area contributed by atoms with Gasteiger partial charge in [-0.2, -0.15) is 0 Å². The minimum Gasteiger partial charge on any atom is -0.356 e. The molecule has 146 valence electrons. The van der Waals surface area contributed by atoms with Crippen LogP contribution >= 0.6 is 0 Å². The molecule has 2 aromatic carbocycles. The second-order valence-corrected chi connectivity index (χ2v) is 7.52. The van der Waals surface area contributed by atoms with Crippen molar-refractivity contribution in [1.29, 1.82) is 0 Å². The zero-order chi connectivity index (χ0) is 20.3. The first-order valence-electron chi connectivity index (χ1n) is 9.32. The Kier molecular flexibility index (Phi) is 5.69. The Morgan fingerprint density at radius 2 is 1.82 bits per heavy atom. The molecule has 1 aliphatic rings. The molecule has 2 aromatic rings. The Bertz CT molecular complexity index is 888. The van der Waals surface area contributed by atoms with Crippen LogP contribution in [0.15, 0.2) is 36.4 Å². The van der Waals surface area contributed by atoms with Gasteiger partial charge >= 0.3 is 0 Å². The highest BCUT2D eigenvalue weighted by Gasteiger charge is 2.44. The third-order valence-corrected chi connectivity index (χ3v) is 4.99. The molecule has 28 heavy (non-hydrogen) atoms. The molecule has 0 radical (unpaired) electrons. The van der Waals surface area contributed by atoms with E-state index in [4.69, 9.17) is 6.42 Å². The standard InChI is InChI=1S/C23H24F2N2O/c1-4-11-27(15-18-5-7-19(24)8-6-18)20-12-16(2)22(17(3)13-20)26-21(28)14-23(25)9-10-23/h1,5-8,12-13H,9-11,14-15H2,2-3H3,(H,26,28). The van der Waals surface area contributed by atoms with E-state index < -0.39 is 5.67 Å². The molecule has 1 aliphatic carbocycles. The topological polar surface area (TPSA) is 32.3 Å². The molecule has 1 amide bonds. The third kappa shape index (κ3) is 4.89. The van der Waals surface area contributed by atoms with Crippen molar-refractivity contribution < 1.29 is 13.6 Å². The van der Waals surface area contributed by atoms with E-state index in [1.807, 2.05) is 30.9 Å². The summed E-state index contributed by atoms with van der Waals surface area (Å²) in [7, 11) is 0. The average Bonchev–Trinajstić information content (AvgIpc) is 3.36. The molecule has 0 aliphatic heterocycles. The van der Waals surface area contributed by atoms with Crippen LogP contribution in [-0.4, -0.2) is 18.1 Å². The Morgan fingerprint density at radius 1 is 1.21 bits per heavy atom. The molecular weight excluding hydrogens is 358 g/mol. The SMILES string of the molecule is C#CCN(Cc1ccc(F)cc1)c1cc(C)c(NC(=O)CC2(F)CC2)c(C)c1. The first-order chi connectivity index (χ1) is 13.3. The number of benzene rings is 2. The molecule has 0 heterocycles. The number of alkyl halides is 1. The van der Waals surface area contributed by atoms with Crippen LogP contribution in [0, 0.1) is 32.0 Å². The van der Waals surface area contributed by atoms with Crippen LogP contribution in [0.25, 0.3) is 0 Å². The molecular formula is C23H24F2N2O. The lowest BCUT2D eigenvalue weighted by Gasteiger charge is -2.25. The molecule has 0 aromatic heterocycles. The van der Waals surface area contributed by atoms with Gasteiger partial charge in [-0.3, -0.25) is 4.79 Å². The second-order valence-electron chi connectivity index (χ2n) is 7.52. The van der Waals surface area contributed by atoms with Crippen LogP contribution in [0.2, 0.25) is 0 Å². The predicted molar refractivity (Wildman–Crippen MR) is 109 cm³/mol. The van der Waals surface area contributed by atoms with Gasteiger partial charge in [-0.05, 0) is 67.6 Å². The quantitative estimate of drug-likeness (QED) is 0.690. The number of halogens is 2. The monoisotopic (exact) mass is 382 g/mol. The number of nitrogens with zero attached hydrogens (tertiary/aromatic N) is 1. The maximum Gasteiger partial charge on any atom is 0.227 e. The molecule has 5 heteroatoms. The predicted octanol–water partition coefficient (Wildman–Crippen LogP) is 4.91. The minimum atomic E-state index is -1.31. The van der Waals surface area contributed by atoms with Crippen LogP contribution in [0.3, 0.4) is 0 Å². The van der Waals surface area contributed by atoms with Crippen molar-refractivity contribution in [2.45, 2.75) is 45.3 Å². The Labute approximate surface area is 164 Å². The fraction of sp³-hybridized carbons (Fsp3) is 0.348. The maximum atomic E-state index is 13.8. The van der Waals surface area contributed by atoms with E-state index in [9.17, 15) is 13.6 Å². The van der Waals surface area contributed by atoms with Gasteiger partial charge < -0.3 is 10.2 Å². The number of hydrogen-bond acceptors (Lipinski definition) is 2. The molecule has 3 rings (SSSR count). The first-order valence-corrected chi connectivity index (χ1v) is 9.32. The van der Waals surface area contributed by atoms with Crippen LogP contribution < -0.4 is 10.2 Å². The smallest absolute Gasteiger partial charge is 0.227 e.